The van der Waals surface area contributed by atoms with Gasteiger partial charge in [0.05, 0.1) is 5.56 Å². The predicted molar refractivity (Wildman–Crippen MR) is 69.5 cm³/mol. The molecule has 0 unspecified atom stereocenters. The quantitative estimate of drug-likeness (QED) is 0.878. The molecule has 19 heavy (non-hydrogen) atoms. The first-order valence-corrected chi connectivity index (χ1v) is 5.62. The van der Waals surface area contributed by atoms with Crippen molar-refractivity contribution in [1.29, 1.82) is 0 Å². The molecular weight excluding hydrogens is 246 g/mol. The Morgan fingerprint density at radius 1 is 1.26 bits per heavy atom. The van der Waals surface area contributed by atoms with Crippen LogP contribution in [0.5, 0.6) is 0 Å². The normalized spacial score (nSPS) is 10.2. The molecule has 0 atom stereocenters. The first-order chi connectivity index (χ1) is 8.99. The molecule has 6 nitrogen and oxygen atoms in total. The van der Waals surface area contributed by atoms with Gasteiger partial charge in [0.1, 0.15) is 0 Å². The summed E-state index contributed by atoms with van der Waals surface area (Å²) in [5, 5.41) is 15.4. The number of amides is 1. The molecule has 0 bridgehead atoms. The molecule has 0 aliphatic heterocycles. The highest BCUT2D eigenvalue weighted by Crippen LogP contribution is 2.16. The van der Waals surface area contributed by atoms with Crippen LogP contribution in [0.2, 0.25) is 0 Å². The highest BCUT2D eigenvalue weighted by Gasteiger charge is 2.16. The Morgan fingerprint density at radius 2 is 1.89 bits per heavy atom. The number of hydrogen-bond donors (Lipinski definition) is 2. The van der Waals surface area contributed by atoms with Crippen molar-refractivity contribution < 1.29 is 14.7 Å². The lowest BCUT2D eigenvalue weighted by Crippen LogP contribution is -2.26. The minimum atomic E-state index is -0.997. The van der Waals surface area contributed by atoms with Crippen molar-refractivity contribution >= 4 is 17.6 Å². The summed E-state index contributed by atoms with van der Waals surface area (Å²) < 4.78 is 0. The fourth-order valence-corrected chi connectivity index (χ4v) is 1.64. The number of hydrogen-bond acceptors (Lipinski definition) is 3. The van der Waals surface area contributed by atoms with E-state index >= 15 is 0 Å². The molecule has 0 aliphatic carbocycles. The van der Waals surface area contributed by atoms with E-state index in [9.17, 15) is 9.59 Å². The molecule has 2 rings (SSSR count). The van der Waals surface area contributed by atoms with Crippen LogP contribution in [0.4, 0.5) is 5.69 Å². The number of carbonyl (C=O) groups is 2. The van der Waals surface area contributed by atoms with Crippen LogP contribution < -0.4 is 4.90 Å². The van der Waals surface area contributed by atoms with Gasteiger partial charge in [-0.05, 0) is 37.3 Å². The number of nitrogens with one attached hydrogen (secondary N) is 1. The van der Waals surface area contributed by atoms with Crippen molar-refractivity contribution in [2.45, 2.75) is 6.92 Å². The summed E-state index contributed by atoms with van der Waals surface area (Å²) in [6.07, 6.45) is 0. The summed E-state index contributed by atoms with van der Waals surface area (Å²) in [6, 6.07) is 7.74. The van der Waals surface area contributed by atoms with Crippen molar-refractivity contribution in [3.63, 3.8) is 0 Å². The largest absolute Gasteiger partial charge is 0.478 e. The molecule has 1 aromatic carbocycles. The number of H-pyrrole nitrogens is 1. The van der Waals surface area contributed by atoms with Crippen LogP contribution in [-0.2, 0) is 0 Å². The molecule has 98 valence electrons. The Kier molecular flexibility index (Phi) is 3.33. The second kappa shape index (κ2) is 4.93. The van der Waals surface area contributed by atoms with E-state index in [4.69, 9.17) is 5.11 Å². The average molecular weight is 259 g/mol. The first kappa shape index (κ1) is 12.8. The number of carbonyl (C=O) groups excluding carboxylic acids is 1. The van der Waals surface area contributed by atoms with Gasteiger partial charge in [0.25, 0.3) is 5.91 Å². The molecule has 2 aromatic rings. The zero-order chi connectivity index (χ0) is 14.0. The molecule has 0 saturated carbocycles. The van der Waals surface area contributed by atoms with E-state index in [1.807, 2.05) is 6.92 Å². The number of aryl methyl sites for hydroxylation is 1. The van der Waals surface area contributed by atoms with Crippen molar-refractivity contribution in [1.82, 2.24) is 10.2 Å². The summed E-state index contributed by atoms with van der Waals surface area (Å²) in [5.41, 5.74) is 1.91. The second-order valence-corrected chi connectivity index (χ2v) is 4.15. The molecule has 1 heterocycles. The number of aromatic nitrogens is 2. The average Bonchev–Trinajstić information content (AvgIpc) is 2.84. The summed E-state index contributed by atoms with van der Waals surface area (Å²) in [6.45, 7) is 1.81. The van der Waals surface area contributed by atoms with Crippen molar-refractivity contribution in [3.8, 4) is 0 Å². The van der Waals surface area contributed by atoms with E-state index in [1.165, 1.54) is 17.0 Å². The van der Waals surface area contributed by atoms with Gasteiger partial charge in [-0.1, -0.05) is 0 Å². The summed E-state index contributed by atoms with van der Waals surface area (Å²) >= 11 is 0. The van der Waals surface area contributed by atoms with Crippen molar-refractivity contribution in [3.05, 3.63) is 47.3 Å². The smallest absolute Gasteiger partial charge is 0.335 e. The maximum atomic E-state index is 12.1. The molecule has 6 heteroatoms. The van der Waals surface area contributed by atoms with Gasteiger partial charge in [-0.25, -0.2) is 4.79 Å². The molecule has 0 aliphatic rings. The molecule has 2 N–H and O–H groups in total. The van der Waals surface area contributed by atoms with E-state index in [0.29, 0.717) is 11.4 Å². The standard InChI is InChI=1S/C13H13N3O3/c1-8-7-11(15-14-8)12(17)16(2)10-5-3-9(4-6-10)13(18)19/h3-7H,1-2H3,(H,14,15)(H,18,19). The third kappa shape index (κ3) is 2.62. The SMILES string of the molecule is Cc1cc(C(=O)N(C)c2ccc(C(=O)O)cc2)n[nH]1. The zero-order valence-corrected chi connectivity index (χ0v) is 10.5. The Balaban J connectivity index is 2.21. The lowest BCUT2D eigenvalue weighted by molar-refractivity contribution is 0.0696. The lowest BCUT2D eigenvalue weighted by atomic mass is 10.2. The number of aromatic amines is 1. The monoisotopic (exact) mass is 259 g/mol. The maximum Gasteiger partial charge on any atom is 0.335 e. The number of carboxylic acids is 1. The van der Waals surface area contributed by atoms with Gasteiger partial charge in [0, 0.05) is 18.4 Å². The van der Waals surface area contributed by atoms with Crippen molar-refractivity contribution in [2.75, 3.05) is 11.9 Å². The van der Waals surface area contributed by atoms with Gasteiger partial charge in [-0.2, -0.15) is 5.10 Å². The Labute approximate surface area is 109 Å². The fourth-order valence-electron chi connectivity index (χ4n) is 1.64. The highest BCUT2D eigenvalue weighted by molar-refractivity contribution is 6.04. The van der Waals surface area contributed by atoms with Crippen LogP contribution in [0.1, 0.15) is 26.5 Å². The van der Waals surface area contributed by atoms with Crippen LogP contribution in [0.3, 0.4) is 0 Å². The molecular formula is C13H13N3O3. The lowest BCUT2D eigenvalue weighted by Gasteiger charge is -2.15. The van der Waals surface area contributed by atoms with Crippen molar-refractivity contribution in [2.24, 2.45) is 0 Å². The molecule has 0 spiro atoms. The third-order valence-corrected chi connectivity index (χ3v) is 2.73. The predicted octanol–water partition coefficient (Wildman–Crippen LogP) is 1.69. The Hall–Kier alpha value is -2.63. The number of carboxylic acid groups (broad SMARTS) is 1. The Bertz CT molecular complexity index is 616. The maximum absolute atomic E-state index is 12.1. The third-order valence-electron chi connectivity index (χ3n) is 2.73. The van der Waals surface area contributed by atoms with Crippen LogP contribution in [0.25, 0.3) is 0 Å². The molecule has 0 radical (unpaired) electrons. The topological polar surface area (TPSA) is 86.3 Å². The zero-order valence-electron chi connectivity index (χ0n) is 10.5. The number of aromatic carboxylic acids is 1. The molecule has 0 fully saturated rings. The van der Waals surface area contributed by atoms with Crippen LogP contribution in [0.15, 0.2) is 30.3 Å². The number of rotatable bonds is 3. The van der Waals surface area contributed by atoms with Gasteiger partial charge in [-0.15, -0.1) is 0 Å². The second-order valence-electron chi connectivity index (χ2n) is 4.15. The highest BCUT2D eigenvalue weighted by atomic mass is 16.4. The van der Waals surface area contributed by atoms with Gasteiger partial charge in [0.2, 0.25) is 0 Å². The summed E-state index contributed by atoms with van der Waals surface area (Å²) in [7, 11) is 1.61. The van der Waals surface area contributed by atoms with E-state index in [1.54, 1.807) is 25.2 Å². The number of benzene rings is 1. The summed E-state index contributed by atoms with van der Waals surface area (Å²) in [4.78, 5) is 24.3. The minimum absolute atomic E-state index is 0.181. The molecule has 1 amide bonds. The van der Waals surface area contributed by atoms with Gasteiger partial charge in [0.15, 0.2) is 5.69 Å². The first-order valence-electron chi connectivity index (χ1n) is 5.62. The van der Waals surface area contributed by atoms with E-state index < -0.39 is 5.97 Å². The van der Waals surface area contributed by atoms with Crippen LogP contribution in [-0.4, -0.2) is 34.2 Å². The van der Waals surface area contributed by atoms with E-state index in [0.717, 1.165) is 5.69 Å². The van der Waals surface area contributed by atoms with Crippen LogP contribution in [0, 0.1) is 6.92 Å². The number of anilines is 1. The Morgan fingerprint density at radius 3 is 2.37 bits per heavy atom. The fraction of sp³-hybridized carbons (Fsp3) is 0.154. The van der Waals surface area contributed by atoms with E-state index in [2.05, 4.69) is 10.2 Å². The van der Waals surface area contributed by atoms with Gasteiger partial charge in [-0.3, -0.25) is 9.89 Å². The summed E-state index contributed by atoms with van der Waals surface area (Å²) in [5.74, 6) is -1.25. The molecule has 1 aromatic heterocycles. The van der Waals surface area contributed by atoms with Gasteiger partial charge >= 0.3 is 5.97 Å². The van der Waals surface area contributed by atoms with E-state index in [-0.39, 0.29) is 11.5 Å². The van der Waals surface area contributed by atoms with Crippen LogP contribution >= 0.6 is 0 Å². The number of nitrogens with zero attached hydrogens (tertiary/aromatic N) is 2. The van der Waals surface area contributed by atoms with Gasteiger partial charge < -0.3 is 10.0 Å². The molecule has 0 saturated heterocycles. The minimum Gasteiger partial charge on any atom is -0.478 e.